The standard InChI is InChI=1S/C19H24ClN3O.ClH/c1-13-10-18(19(24)22-9-7-15-6-8-21-12-15)14(2)23(13)17-5-3-4-16(20)11-17;/h3-5,10-11,15,21H,6-9,12H2,1-2H3,(H,22,24);1H. The van der Waals surface area contributed by atoms with Crippen LogP contribution < -0.4 is 10.6 Å². The minimum atomic E-state index is 0. The third-order valence-corrected chi connectivity index (χ3v) is 4.98. The van der Waals surface area contributed by atoms with Gasteiger partial charge in [-0.3, -0.25) is 4.79 Å². The van der Waals surface area contributed by atoms with Crippen molar-refractivity contribution < 1.29 is 4.79 Å². The second-order valence-electron chi connectivity index (χ2n) is 6.50. The highest BCUT2D eigenvalue weighted by molar-refractivity contribution is 6.30. The van der Waals surface area contributed by atoms with Gasteiger partial charge in [-0.1, -0.05) is 17.7 Å². The van der Waals surface area contributed by atoms with E-state index < -0.39 is 0 Å². The van der Waals surface area contributed by atoms with Gasteiger partial charge >= 0.3 is 0 Å². The maximum absolute atomic E-state index is 12.5. The first-order chi connectivity index (χ1) is 11.6. The number of nitrogens with zero attached hydrogens (tertiary/aromatic N) is 1. The van der Waals surface area contributed by atoms with Crippen LogP contribution in [0.25, 0.3) is 5.69 Å². The summed E-state index contributed by atoms with van der Waals surface area (Å²) in [4.78, 5) is 12.5. The highest BCUT2D eigenvalue weighted by atomic mass is 35.5. The van der Waals surface area contributed by atoms with Crippen molar-refractivity contribution in [3.8, 4) is 5.69 Å². The number of hydrogen-bond acceptors (Lipinski definition) is 2. The van der Waals surface area contributed by atoms with Crippen molar-refractivity contribution in [2.24, 2.45) is 5.92 Å². The first-order valence-electron chi connectivity index (χ1n) is 8.50. The van der Waals surface area contributed by atoms with Gasteiger partial charge in [-0.05, 0) is 70.0 Å². The number of nitrogens with one attached hydrogen (secondary N) is 2. The van der Waals surface area contributed by atoms with Crippen LogP contribution in [0.3, 0.4) is 0 Å². The maximum atomic E-state index is 12.5. The van der Waals surface area contributed by atoms with Gasteiger partial charge in [0.2, 0.25) is 0 Å². The van der Waals surface area contributed by atoms with Gasteiger partial charge in [-0.2, -0.15) is 0 Å². The summed E-state index contributed by atoms with van der Waals surface area (Å²) in [6.07, 6.45) is 2.24. The SMILES string of the molecule is Cc1cc(C(=O)NCCC2CCNC2)c(C)n1-c1cccc(Cl)c1.Cl. The number of rotatable bonds is 5. The number of carbonyl (C=O) groups is 1. The smallest absolute Gasteiger partial charge is 0.253 e. The average Bonchev–Trinajstić information content (AvgIpc) is 3.15. The highest BCUT2D eigenvalue weighted by Gasteiger charge is 2.18. The van der Waals surface area contributed by atoms with Crippen LogP contribution in [-0.4, -0.2) is 30.1 Å². The third kappa shape index (κ3) is 4.57. The zero-order valence-corrected chi connectivity index (χ0v) is 16.2. The van der Waals surface area contributed by atoms with E-state index in [-0.39, 0.29) is 18.3 Å². The summed E-state index contributed by atoms with van der Waals surface area (Å²) >= 11 is 6.10. The van der Waals surface area contributed by atoms with Gasteiger partial charge in [-0.15, -0.1) is 12.4 Å². The third-order valence-electron chi connectivity index (χ3n) is 4.74. The van der Waals surface area contributed by atoms with E-state index in [1.807, 2.05) is 44.2 Å². The van der Waals surface area contributed by atoms with Crippen molar-refractivity contribution in [2.75, 3.05) is 19.6 Å². The summed E-state index contributed by atoms with van der Waals surface area (Å²) in [6, 6.07) is 9.64. The fraction of sp³-hybridized carbons (Fsp3) is 0.421. The molecule has 1 aliphatic heterocycles. The molecule has 136 valence electrons. The minimum Gasteiger partial charge on any atom is -0.352 e. The summed E-state index contributed by atoms with van der Waals surface area (Å²) in [5, 5.41) is 7.11. The Bertz CT molecular complexity index is 736. The van der Waals surface area contributed by atoms with Crippen molar-refractivity contribution in [3.63, 3.8) is 0 Å². The molecule has 1 aliphatic rings. The van der Waals surface area contributed by atoms with Gasteiger partial charge in [0.05, 0.1) is 5.56 Å². The molecule has 0 radical (unpaired) electrons. The van der Waals surface area contributed by atoms with Crippen LogP contribution in [0.2, 0.25) is 5.02 Å². The minimum absolute atomic E-state index is 0. The summed E-state index contributed by atoms with van der Waals surface area (Å²) in [5.74, 6) is 0.687. The van der Waals surface area contributed by atoms with Crippen molar-refractivity contribution in [2.45, 2.75) is 26.7 Å². The lowest BCUT2D eigenvalue weighted by Gasteiger charge is -2.11. The number of aryl methyl sites for hydroxylation is 1. The lowest BCUT2D eigenvalue weighted by atomic mass is 10.1. The zero-order valence-electron chi connectivity index (χ0n) is 14.6. The Balaban J connectivity index is 0.00000225. The number of benzene rings is 1. The predicted molar refractivity (Wildman–Crippen MR) is 105 cm³/mol. The number of aromatic nitrogens is 1. The Kier molecular flexibility index (Phi) is 6.94. The largest absolute Gasteiger partial charge is 0.352 e. The average molecular weight is 382 g/mol. The molecule has 0 spiro atoms. The molecule has 6 heteroatoms. The van der Waals surface area contributed by atoms with Crippen LogP contribution in [0.5, 0.6) is 0 Å². The Hall–Kier alpha value is -1.49. The quantitative estimate of drug-likeness (QED) is 0.824. The molecule has 4 nitrogen and oxygen atoms in total. The monoisotopic (exact) mass is 381 g/mol. The number of amides is 1. The lowest BCUT2D eigenvalue weighted by molar-refractivity contribution is 0.0951. The van der Waals surface area contributed by atoms with E-state index in [9.17, 15) is 4.79 Å². The molecule has 1 aromatic heterocycles. The van der Waals surface area contributed by atoms with Gasteiger partial charge in [-0.25, -0.2) is 0 Å². The van der Waals surface area contributed by atoms with Gasteiger partial charge in [0.15, 0.2) is 0 Å². The molecule has 1 fully saturated rings. The second kappa shape index (κ2) is 8.75. The number of carbonyl (C=O) groups excluding carboxylic acids is 1. The van der Waals surface area contributed by atoms with Crippen LogP contribution in [0.1, 0.15) is 34.6 Å². The summed E-state index contributed by atoms with van der Waals surface area (Å²) in [6.45, 7) is 6.88. The molecule has 1 saturated heterocycles. The molecule has 1 atom stereocenters. The Labute approximate surface area is 160 Å². The van der Waals surface area contributed by atoms with E-state index in [0.717, 1.165) is 48.7 Å². The molecule has 0 saturated carbocycles. The molecule has 3 rings (SSSR count). The van der Waals surface area contributed by atoms with Crippen LogP contribution in [-0.2, 0) is 0 Å². The normalized spacial score (nSPS) is 16.5. The molecule has 2 N–H and O–H groups in total. The Morgan fingerprint density at radius 3 is 2.84 bits per heavy atom. The van der Waals surface area contributed by atoms with E-state index in [1.165, 1.54) is 6.42 Å². The van der Waals surface area contributed by atoms with Crippen molar-refractivity contribution in [1.82, 2.24) is 15.2 Å². The van der Waals surface area contributed by atoms with E-state index in [1.54, 1.807) is 0 Å². The highest BCUT2D eigenvalue weighted by Crippen LogP contribution is 2.23. The maximum Gasteiger partial charge on any atom is 0.253 e. The van der Waals surface area contributed by atoms with Crippen molar-refractivity contribution in [3.05, 3.63) is 52.3 Å². The van der Waals surface area contributed by atoms with Crippen LogP contribution in [0.15, 0.2) is 30.3 Å². The summed E-state index contributed by atoms with van der Waals surface area (Å²) in [7, 11) is 0. The van der Waals surface area contributed by atoms with Crippen molar-refractivity contribution >= 4 is 29.9 Å². The molecule has 25 heavy (non-hydrogen) atoms. The van der Waals surface area contributed by atoms with Gasteiger partial charge in [0.1, 0.15) is 0 Å². The molecular weight excluding hydrogens is 357 g/mol. The van der Waals surface area contributed by atoms with E-state index in [0.29, 0.717) is 10.9 Å². The molecule has 1 amide bonds. The summed E-state index contributed by atoms with van der Waals surface area (Å²) < 4.78 is 2.07. The van der Waals surface area contributed by atoms with Gasteiger partial charge in [0.25, 0.3) is 5.91 Å². The predicted octanol–water partition coefficient (Wildman–Crippen LogP) is 3.90. The zero-order chi connectivity index (χ0) is 17.1. The first-order valence-corrected chi connectivity index (χ1v) is 8.88. The topological polar surface area (TPSA) is 46.1 Å². The molecule has 1 unspecified atom stereocenters. The fourth-order valence-electron chi connectivity index (χ4n) is 3.45. The summed E-state index contributed by atoms with van der Waals surface area (Å²) in [5.41, 5.74) is 3.68. The van der Waals surface area contributed by atoms with Crippen molar-refractivity contribution in [1.29, 1.82) is 0 Å². The molecule has 0 aliphatic carbocycles. The van der Waals surface area contributed by atoms with Gasteiger partial charge < -0.3 is 15.2 Å². The number of halogens is 2. The lowest BCUT2D eigenvalue weighted by Crippen LogP contribution is -2.26. The molecule has 2 heterocycles. The molecular formula is C19H25Cl2N3O. The van der Waals surface area contributed by atoms with Crippen LogP contribution in [0, 0.1) is 19.8 Å². The van der Waals surface area contributed by atoms with E-state index in [2.05, 4.69) is 15.2 Å². The first kappa shape index (κ1) is 19.8. The molecule has 0 bridgehead atoms. The van der Waals surface area contributed by atoms with Crippen LogP contribution >= 0.6 is 24.0 Å². The molecule has 1 aromatic carbocycles. The second-order valence-corrected chi connectivity index (χ2v) is 6.94. The van der Waals surface area contributed by atoms with Gasteiger partial charge in [0, 0.05) is 28.6 Å². The Morgan fingerprint density at radius 1 is 1.36 bits per heavy atom. The molecule has 2 aromatic rings. The van der Waals surface area contributed by atoms with E-state index in [4.69, 9.17) is 11.6 Å². The van der Waals surface area contributed by atoms with E-state index >= 15 is 0 Å². The Morgan fingerprint density at radius 2 is 2.16 bits per heavy atom. The van der Waals surface area contributed by atoms with Crippen LogP contribution in [0.4, 0.5) is 0 Å². The number of hydrogen-bond donors (Lipinski definition) is 2. The fourth-order valence-corrected chi connectivity index (χ4v) is 3.64.